The first-order chi connectivity index (χ1) is 9.20. The van der Waals surface area contributed by atoms with E-state index in [9.17, 15) is 4.79 Å². The van der Waals surface area contributed by atoms with Crippen molar-refractivity contribution in [3.63, 3.8) is 0 Å². The van der Waals surface area contributed by atoms with Crippen LogP contribution >= 0.6 is 0 Å². The highest BCUT2D eigenvalue weighted by Gasteiger charge is 2.13. The summed E-state index contributed by atoms with van der Waals surface area (Å²) in [6.07, 6.45) is 0.188. The summed E-state index contributed by atoms with van der Waals surface area (Å²) in [4.78, 5) is 14.7. The Hall–Kier alpha value is -2.37. The molecule has 1 aromatic carbocycles. The van der Waals surface area contributed by atoms with Gasteiger partial charge >= 0.3 is 5.97 Å². The molecule has 2 rings (SSSR count). The van der Waals surface area contributed by atoms with Gasteiger partial charge in [-0.05, 0) is 19.1 Å². The number of aryl methyl sites for hydroxylation is 1. The van der Waals surface area contributed by atoms with Crippen LogP contribution in [0, 0.1) is 0 Å². The third-order valence-corrected chi connectivity index (χ3v) is 2.45. The van der Waals surface area contributed by atoms with Crippen molar-refractivity contribution in [3.05, 3.63) is 30.2 Å². The molecule has 0 bridgehead atoms. The average Bonchev–Trinajstić information content (AvgIpc) is 2.86. The molecule has 1 N–H and O–H groups in total. The van der Waals surface area contributed by atoms with Gasteiger partial charge in [-0.2, -0.15) is 4.98 Å². The lowest BCUT2D eigenvalue weighted by atomic mass is 10.2. The van der Waals surface area contributed by atoms with Gasteiger partial charge in [0.2, 0.25) is 11.7 Å². The number of nitrogens with zero attached hydrogens (tertiary/aromatic N) is 2. The summed E-state index contributed by atoms with van der Waals surface area (Å²) >= 11 is 0. The van der Waals surface area contributed by atoms with Crippen LogP contribution in [0.2, 0.25) is 0 Å². The van der Waals surface area contributed by atoms with E-state index in [0.717, 1.165) is 5.56 Å². The van der Waals surface area contributed by atoms with Gasteiger partial charge in [0.05, 0.1) is 18.6 Å². The molecule has 0 fully saturated rings. The van der Waals surface area contributed by atoms with Gasteiger partial charge in [0.15, 0.2) is 0 Å². The molecule has 19 heavy (non-hydrogen) atoms. The fourth-order valence-corrected chi connectivity index (χ4v) is 1.61. The van der Waals surface area contributed by atoms with Gasteiger partial charge in [0.1, 0.15) is 5.75 Å². The van der Waals surface area contributed by atoms with Crippen molar-refractivity contribution in [2.24, 2.45) is 0 Å². The standard InChI is InChI=1S/C13H14N2O4/c1-2-18-10-6-4-3-5-9(10)13-14-11(19-15-13)7-8-12(16)17/h3-6H,2,7-8H2,1H3,(H,16,17). The van der Waals surface area contributed by atoms with E-state index in [1.54, 1.807) is 0 Å². The van der Waals surface area contributed by atoms with E-state index in [0.29, 0.717) is 24.1 Å². The zero-order valence-electron chi connectivity index (χ0n) is 10.5. The van der Waals surface area contributed by atoms with Crippen molar-refractivity contribution >= 4 is 5.97 Å². The quantitative estimate of drug-likeness (QED) is 0.858. The Bertz CT molecular complexity index is 565. The maximum absolute atomic E-state index is 10.5. The zero-order chi connectivity index (χ0) is 13.7. The summed E-state index contributed by atoms with van der Waals surface area (Å²) < 4.78 is 10.5. The van der Waals surface area contributed by atoms with E-state index >= 15 is 0 Å². The number of para-hydroxylation sites is 1. The monoisotopic (exact) mass is 262 g/mol. The normalized spacial score (nSPS) is 10.4. The van der Waals surface area contributed by atoms with Gasteiger partial charge in [-0.15, -0.1) is 0 Å². The van der Waals surface area contributed by atoms with Crippen LogP contribution in [-0.2, 0) is 11.2 Å². The molecule has 6 nitrogen and oxygen atoms in total. The second kappa shape index (κ2) is 5.99. The predicted molar refractivity (Wildman–Crippen MR) is 66.9 cm³/mol. The third-order valence-electron chi connectivity index (χ3n) is 2.45. The molecule has 0 saturated carbocycles. The van der Waals surface area contributed by atoms with Gasteiger partial charge in [-0.1, -0.05) is 17.3 Å². The fraction of sp³-hybridized carbons (Fsp3) is 0.308. The molecule has 100 valence electrons. The Labute approximate surface area is 110 Å². The van der Waals surface area contributed by atoms with Crippen molar-refractivity contribution in [2.75, 3.05) is 6.61 Å². The predicted octanol–water partition coefficient (Wildman–Crippen LogP) is 2.15. The largest absolute Gasteiger partial charge is 0.493 e. The lowest BCUT2D eigenvalue weighted by Crippen LogP contribution is -1.97. The SMILES string of the molecule is CCOc1ccccc1-c1noc(CCC(=O)O)n1. The van der Waals surface area contributed by atoms with Crippen molar-refractivity contribution in [1.29, 1.82) is 0 Å². The average molecular weight is 262 g/mol. The van der Waals surface area contributed by atoms with E-state index < -0.39 is 5.97 Å². The first-order valence-corrected chi connectivity index (χ1v) is 5.97. The first kappa shape index (κ1) is 13.1. The molecule has 0 aliphatic rings. The number of carbonyl (C=O) groups is 1. The van der Waals surface area contributed by atoms with Gasteiger partial charge in [-0.3, -0.25) is 4.79 Å². The minimum Gasteiger partial charge on any atom is -0.493 e. The Balaban J connectivity index is 2.20. The molecule has 0 aliphatic heterocycles. The molecule has 0 spiro atoms. The molecule has 0 aliphatic carbocycles. The Morgan fingerprint density at radius 2 is 2.21 bits per heavy atom. The van der Waals surface area contributed by atoms with E-state index in [-0.39, 0.29) is 12.8 Å². The molecule has 0 radical (unpaired) electrons. The van der Waals surface area contributed by atoms with Crippen LogP contribution in [0.15, 0.2) is 28.8 Å². The Morgan fingerprint density at radius 1 is 1.42 bits per heavy atom. The van der Waals surface area contributed by atoms with Crippen LogP contribution in [0.4, 0.5) is 0 Å². The number of carboxylic acid groups (broad SMARTS) is 1. The molecule has 0 atom stereocenters. The number of aliphatic carboxylic acids is 1. The lowest BCUT2D eigenvalue weighted by Gasteiger charge is -2.05. The second-order valence-corrected chi connectivity index (χ2v) is 3.83. The smallest absolute Gasteiger partial charge is 0.303 e. The highest BCUT2D eigenvalue weighted by atomic mass is 16.5. The van der Waals surface area contributed by atoms with Crippen molar-refractivity contribution in [3.8, 4) is 17.1 Å². The van der Waals surface area contributed by atoms with Crippen molar-refractivity contribution in [1.82, 2.24) is 10.1 Å². The topological polar surface area (TPSA) is 85.5 Å². The molecule has 0 saturated heterocycles. The maximum atomic E-state index is 10.5. The number of rotatable bonds is 6. The minimum absolute atomic E-state index is 0.0330. The summed E-state index contributed by atoms with van der Waals surface area (Å²) in [7, 11) is 0. The van der Waals surface area contributed by atoms with Crippen molar-refractivity contribution < 1.29 is 19.2 Å². The number of aromatic nitrogens is 2. The van der Waals surface area contributed by atoms with Gasteiger partial charge in [0.25, 0.3) is 0 Å². The summed E-state index contributed by atoms with van der Waals surface area (Å²) in [5.74, 6) is 0.498. The molecule has 0 amide bonds. The van der Waals surface area contributed by atoms with Crippen LogP contribution in [0.25, 0.3) is 11.4 Å². The fourth-order valence-electron chi connectivity index (χ4n) is 1.61. The summed E-state index contributed by atoms with van der Waals surface area (Å²) in [6, 6.07) is 7.37. The van der Waals surface area contributed by atoms with Crippen LogP contribution in [0.5, 0.6) is 5.75 Å². The lowest BCUT2D eigenvalue weighted by molar-refractivity contribution is -0.137. The summed E-state index contributed by atoms with van der Waals surface area (Å²) in [5, 5.41) is 12.5. The Kier molecular flexibility index (Phi) is 4.12. The number of benzene rings is 1. The summed E-state index contributed by atoms with van der Waals surface area (Å²) in [5.41, 5.74) is 0.731. The number of carboxylic acids is 1. The van der Waals surface area contributed by atoms with Crippen LogP contribution < -0.4 is 4.74 Å². The first-order valence-electron chi connectivity index (χ1n) is 5.97. The van der Waals surface area contributed by atoms with Gasteiger partial charge in [0, 0.05) is 6.42 Å². The molecule has 2 aromatic rings. The van der Waals surface area contributed by atoms with Crippen LogP contribution in [0.1, 0.15) is 19.2 Å². The summed E-state index contributed by atoms with van der Waals surface area (Å²) in [6.45, 7) is 2.44. The second-order valence-electron chi connectivity index (χ2n) is 3.83. The molecule has 0 unspecified atom stereocenters. The van der Waals surface area contributed by atoms with Crippen molar-refractivity contribution in [2.45, 2.75) is 19.8 Å². The zero-order valence-corrected chi connectivity index (χ0v) is 10.5. The van der Waals surface area contributed by atoms with E-state index in [2.05, 4.69) is 10.1 Å². The highest BCUT2D eigenvalue weighted by molar-refractivity contribution is 5.67. The maximum Gasteiger partial charge on any atom is 0.303 e. The number of ether oxygens (including phenoxy) is 1. The third kappa shape index (κ3) is 3.31. The van der Waals surface area contributed by atoms with Gasteiger partial charge in [-0.25, -0.2) is 0 Å². The number of hydrogen-bond acceptors (Lipinski definition) is 5. The molecular formula is C13H14N2O4. The van der Waals surface area contributed by atoms with Crippen LogP contribution in [-0.4, -0.2) is 27.8 Å². The minimum atomic E-state index is -0.894. The van der Waals surface area contributed by atoms with Gasteiger partial charge < -0.3 is 14.4 Å². The van der Waals surface area contributed by atoms with Crippen LogP contribution in [0.3, 0.4) is 0 Å². The number of hydrogen-bond donors (Lipinski definition) is 1. The van der Waals surface area contributed by atoms with E-state index in [4.69, 9.17) is 14.4 Å². The Morgan fingerprint density at radius 3 is 2.95 bits per heavy atom. The molecule has 1 heterocycles. The highest BCUT2D eigenvalue weighted by Crippen LogP contribution is 2.27. The molecular weight excluding hydrogens is 248 g/mol. The molecule has 6 heteroatoms. The molecule has 1 aromatic heterocycles. The van der Waals surface area contributed by atoms with E-state index in [1.165, 1.54) is 0 Å². The van der Waals surface area contributed by atoms with E-state index in [1.807, 2.05) is 31.2 Å².